The fourth-order valence-corrected chi connectivity index (χ4v) is 4.59. The number of amides is 1. The van der Waals surface area contributed by atoms with Gasteiger partial charge in [0, 0.05) is 38.3 Å². The second kappa shape index (κ2) is 10.2. The Morgan fingerprint density at radius 2 is 1.74 bits per heavy atom. The van der Waals surface area contributed by atoms with Crippen LogP contribution in [0.5, 0.6) is 17.2 Å². The zero-order valence-corrected chi connectivity index (χ0v) is 19.6. The van der Waals surface area contributed by atoms with E-state index in [4.69, 9.17) is 14.2 Å². The van der Waals surface area contributed by atoms with Crippen molar-refractivity contribution in [3.63, 3.8) is 0 Å². The van der Waals surface area contributed by atoms with Crippen molar-refractivity contribution in [3.05, 3.63) is 83.7 Å². The highest BCUT2D eigenvalue weighted by atomic mass is 19.1. The zero-order valence-electron chi connectivity index (χ0n) is 19.6. The molecule has 0 radical (unpaired) electrons. The number of hydrogen-bond donors (Lipinski definition) is 1. The highest BCUT2D eigenvalue weighted by molar-refractivity contribution is 5.94. The van der Waals surface area contributed by atoms with Gasteiger partial charge in [0.05, 0.1) is 18.8 Å². The van der Waals surface area contributed by atoms with E-state index in [1.54, 1.807) is 37.4 Å². The Balaban J connectivity index is 1.31. The summed E-state index contributed by atoms with van der Waals surface area (Å²) in [6.07, 6.45) is 0. The van der Waals surface area contributed by atoms with Crippen LogP contribution in [0.15, 0.2) is 66.7 Å². The molecule has 5 rings (SSSR count). The van der Waals surface area contributed by atoms with Crippen molar-refractivity contribution < 1.29 is 23.4 Å². The monoisotopic (exact) mass is 477 g/mol. The third-order valence-corrected chi connectivity index (χ3v) is 6.54. The minimum atomic E-state index is -0.208. The van der Waals surface area contributed by atoms with Gasteiger partial charge in [-0.2, -0.15) is 0 Å². The molecular formula is C27H28FN3O4. The Kier molecular flexibility index (Phi) is 6.72. The predicted octanol–water partition coefficient (Wildman–Crippen LogP) is 3.86. The lowest BCUT2D eigenvalue weighted by atomic mass is 10.0. The normalized spacial score (nSPS) is 16.1. The molecule has 2 aliphatic heterocycles. The van der Waals surface area contributed by atoms with Crippen LogP contribution >= 0.6 is 0 Å². The first-order valence-electron chi connectivity index (χ1n) is 11.7. The molecule has 2 aliphatic rings. The van der Waals surface area contributed by atoms with Crippen molar-refractivity contribution in [2.45, 2.75) is 6.04 Å². The average molecular weight is 478 g/mol. The number of piperazine rings is 1. The maximum absolute atomic E-state index is 14.3. The van der Waals surface area contributed by atoms with Gasteiger partial charge < -0.3 is 24.4 Å². The van der Waals surface area contributed by atoms with Crippen LogP contribution in [0.2, 0.25) is 0 Å². The topological polar surface area (TPSA) is 63.3 Å². The van der Waals surface area contributed by atoms with Crippen molar-refractivity contribution in [2.75, 3.05) is 51.5 Å². The predicted molar refractivity (Wildman–Crippen MR) is 131 cm³/mol. The molecule has 1 saturated heterocycles. The van der Waals surface area contributed by atoms with Gasteiger partial charge in [-0.25, -0.2) is 4.39 Å². The Bertz CT molecular complexity index is 1180. The van der Waals surface area contributed by atoms with Gasteiger partial charge in [0.25, 0.3) is 5.91 Å². The zero-order chi connectivity index (χ0) is 24.2. The van der Waals surface area contributed by atoms with E-state index in [9.17, 15) is 9.18 Å². The van der Waals surface area contributed by atoms with Gasteiger partial charge in [0.15, 0.2) is 11.5 Å². The van der Waals surface area contributed by atoms with Crippen LogP contribution in [-0.2, 0) is 0 Å². The number of nitrogens with one attached hydrogen (secondary N) is 1. The van der Waals surface area contributed by atoms with Crippen molar-refractivity contribution in [2.24, 2.45) is 0 Å². The summed E-state index contributed by atoms with van der Waals surface area (Å²) in [5, 5.41) is 3.08. The molecule has 1 fully saturated rings. The van der Waals surface area contributed by atoms with Gasteiger partial charge in [-0.1, -0.05) is 18.2 Å². The van der Waals surface area contributed by atoms with E-state index in [-0.39, 0.29) is 24.6 Å². The van der Waals surface area contributed by atoms with Gasteiger partial charge >= 0.3 is 0 Å². The van der Waals surface area contributed by atoms with Crippen molar-refractivity contribution in [1.29, 1.82) is 0 Å². The minimum Gasteiger partial charge on any atom is -0.497 e. The molecule has 182 valence electrons. The Morgan fingerprint density at radius 1 is 1.00 bits per heavy atom. The van der Waals surface area contributed by atoms with E-state index in [1.165, 1.54) is 6.07 Å². The first-order chi connectivity index (χ1) is 17.1. The number of anilines is 1. The fraction of sp³-hybridized carbons (Fsp3) is 0.296. The third-order valence-electron chi connectivity index (χ3n) is 6.54. The number of fused-ring (bicyclic) bond motifs is 1. The quantitative estimate of drug-likeness (QED) is 0.558. The van der Waals surface area contributed by atoms with Crippen LogP contribution in [0.3, 0.4) is 0 Å². The lowest BCUT2D eigenvalue weighted by Crippen LogP contribution is -2.50. The molecule has 0 aliphatic carbocycles. The molecule has 35 heavy (non-hydrogen) atoms. The smallest absolute Gasteiger partial charge is 0.251 e. The number of benzene rings is 3. The Labute approximate surface area is 204 Å². The standard InChI is InChI=1S/C27H28FN3O4/c1-33-21-9-6-19(7-10-21)27(32)29-17-24(20-8-11-25-26(16-20)35-18-34-25)31-14-12-30(13-15-31)23-5-3-2-4-22(23)28/h2-11,16,24H,12-15,17-18H2,1H3,(H,29,32)/t24-/m0/s1. The largest absolute Gasteiger partial charge is 0.497 e. The van der Waals surface area contributed by atoms with Gasteiger partial charge in [-0.3, -0.25) is 9.69 Å². The molecule has 1 atom stereocenters. The van der Waals surface area contributed by atoms with Gasteiger partial charge in [0.2, 0.25) is 6.79 Å². The number of ether oxygens (including phenoxy) is 3. The number of methoxy groups -OCH3 is 1. The summed E-state index contributed by atoms with van der Waals surface area (Å²) in [5.41, 5.74) is 2.22. The van der Waals surface area contributed by atoms with Crippen LogP contribution in [0.4, 0.5) is 10.1 Å². The number of rotatable bonds is 7. The van der Waals surface area contributed by atoms with Crippen molar-refractivity contribution in [1.82, 2.24) is 10.2 Å². The fourth-order valence-electron chi connectivity index (χ4n) is 4.59. The molecule has 3 aromatic carbocycles. The van der Waals surface area contributed by atoms with E-state index in [1.807, 2.05) is 30.3 Å². The van der Waals surface area contributed by atoms with Crippen LogP contribution in [-0.4, -0.2) is 57.4 Å². The molecule has 2 heterocycles. The molecular weight excluding hydrogens is 449 g/mol. The van der Waals surface area contributed by atoms with Crippen molar-refractivity contribution >= 4 is 11.6 Å². The van der Waals surface area contributed by atoms with Crippen molar-refractivity contribution in [3.8, 4) is 17.2 Å². The lowest BCUT2D eigenvalue weighted by molar-refractivity contribution is 0.0930. The molecule has 3 aromatic rings. The Hall–Kier alpha value is -3.78. The van der Waals surface area contributed by atoms with Crippen LogP contribution in [0.25, 0.3) is 0 Å². The minimum absolute atomic E-state index is 0.0746. The van der Waals surface area contributed by atoms with E-state index in [0.29, 0.717) is 42.4 Å². The first-order valence-corrected chi connectivity index (χ1v) is 11.7. The van der Waals surface area contributed by atoms with Crippen LogP contribution in [0, 0.1) is 5.82 Å². The number of carbonyl (C=O) groups excluding carboxylic acids is 1. The number of halogens is 1. The summed E-state index contributed by atoms with van der Waals surface area (Å²) in [6, 6.07) is 19.7. The highest BCUT2D eigenvalue weighted by Crippen LogP contribution is 2.36. The molecule has 0 aromatic heterocycles. The molecule has 0 bridgehead atoms. The average Bonchev–Trinajstić information content (AvgIpc) is 3.38. The maximum atomic E-state index is 14.3. The molecule has 0 spiro atoms. The van der Waals surface area contributed by atoms with Gasteiger partial charge in [-0.15, -0.1) is 0 Å². The first kappa shape index (κ1) is 23.0. The van der Waals surface area contributed by atoms with Gasteiger partial charge in [-0.05, 0) is 54.1 Å². The van der Waals surface area contributed by atoms with Crippen LogP contribution in [0.1, 0.15) is 22.0 Å². The maximum Gasteiger partial charge on any atom is 0.251 e. The molecule has 0 unspecified atom stereocenters. The molecule has 0 saturated carbocycles. The van der Waals surface area contributed by atoms with E-state index < -0.39 is 0 Å². The molecule has 8 heteroatoms. The van der Waals surface area contributed by atoms with Crippen LogP contribution < -0.4 is 24.4 Å². The summed E-state index contributed by atoms with van der Waals surface area (Å²) in [5.74, 6) is 1.77. The number of carbonyl (C=O) groups is 1. The second-order valence-corrected chi connectivity index (χ2v) is 8.54. The summed E-state index contributed by atoms with van der Waals surface area (Å²) in [7, 11) is 1.59. The molecule has 1 N–H and O–H groups in total. The van der Waals surface area contributed by atoms with E-state index >= 15 is 0 Å². The highest BCUT2D eigenvalue weighted by Gasteiger charge is 2.28. The molecule has 7 nitrogen and oxygen atoms in total. The summed E-state index contributed by atoms with van der Waals surface area (Å²) < 4.78 is 30.5. The number of hydrogen-bond acceptors (Lipinski definition) is 6. The number of para-hydroxylation sites is 1. The van der Waals surface area contributed by atoms with E-state index in [2.05, 4.69) is 15.1 Å². The van der Waals surface area contributed by atoms with Gasteiger partial charge in [0.1, 0.15) is 11.6 Å². The molecule has 1 amide bonds. The summed E-state index contributed by atoms with van der Waals surface area (Å²) in [4.78, 5) is 17.3. The summed E-state index contributed by atoms with van der Waals surface area (Å²) in [6.45, 7) is 3.46. The Morgan fingerprint density at radius 3 is 2.49 bits per heavy atom. The SMILES string of the molecule is COc1ccc(C(=O)NC[C@@H](c2ccc3c(c2)OCO3)N2CCN(c3ccccc3F)CC2)cc1. The summed E-state index contributed by atoms with van der Waals surface area (Å²) >= 11 is 0. The number of nitrogens with zero attached hydrogens (tertiary/aromatic N) is 2. The second-order valence-electron chi connectivity index (χ2n) is 8.54. The lowest BCUT2D eigenvalue weighted by Gasteiger charge is -2.40. The third kappa shape index (κ3) is 5.02. The van der Waals surface area contributed by atoms with E-state index in [0.717, 1.165) is 24.4 Å².